The Morgan fingerprint density at radius 3 is 2.76 bits per heavy atom. The number of thioether (sulfide) groups is 1. The van der Waals surface area contributed by atoms with Gasteiger partial charge in [-0.15, -0.1) is 11.3 Å². The summed E-state index contributed by atoms with van der Waals surface area (Å²) in [6, 6.07) is 9.71. The second kappa shape index (κ2) is 10.00. The molecule has 1 aromatic carbocycles. The van der Waals surface area contributed by atoms with Crippen molar-refractivity contribution >= 4 is 51.9 Å². The summed E-state index contributed by atoms with van der Waals surface area (Å²) >= 11 is 2.43. The number of hydrogen-bond acceptors (Lipinski definition) is 6. The van der Waals surface area contributed by atoms with E-state index in [4.69, 9.17) is 0 Å². The van der Waals surface area contributed by atoms with E-state index < -0.39 is 29.4 Å². The Morgan fingerprint density at radius 1 is 1.22 bits per heavy atom. The maximum Gasteiger partial charge on any atom is 0.294 e. The van der Waals surface area contributed by atoms with Crippen LogP contribution in [0.15, 0.2) is 35.2 Å². The first-order valence-corrected chi connectivity index (χ1v) is 13.4. The van der Waals surface area contributed by atoms with Gasteiger partial charge in [-0.3, -0.25) is 19.3 Å². The molecule has 2 aromatic heterocycles. The number of nitrogens with one attached hydrogen (secondary N) is 1. The Hall–Kier alpha value is -3.68. The fourth-order valence-electron chi connectivity index (χ4n) is 4.76. The number of carbonyl (C=O) groups is 3. The third-order valence-electron chi connectivity index (χ3n) is 6.51. The monoisotopic (exact) mass is 534 g/mol. The minimum atomic E-state index is -0.599. The third-order valence-corrected chi connectivity index (χ3v) is 8.69. The smallest absolute Gasteiger partial charge is 0.294 e. The molecule has 0 saturated carbocycles. The minimum Gasteiger partial charge on any atom is -0.324 e. The van der Waals surface area contributed by atoms with Crippen LogP contribution in [0.1, 0.15) is 45.8 Å². The van der Waals surface area contributed by atoms with Gasteiger partial charge in [-0.25, -0.2) is 4.39 Å². The van der Waals surface area contributed by atoms with Crippen LogP contribution in [-0.4, -0.2) is 33.1 Å². The molecule has 1 aliphatic carbocycles. The highest BCUT2D eigenvalue weighted by atomic mass is 32.2. The largest absolute Gasteiger partial charge is 0.324 e. The molecule has 0 bridgehead atoms. The van der Waals surface area contributed by atoms with Gasteiger partial charge in [0.1, 0.15) is 23.4 Å². The van der Waals surface area contributed by atoms with Crippen molar-refractivity contribution in [2.75, 3.05) is 11.9 Å². The van der Waals surface area contributed by atoms with Crippen molar-refractivity contribution in [1.29, 1.82) is 5.26 Å². The van der Waals surface area contributed by atoms with E-state index in [1.807, 2.05) is 24.5 Å². The van der Waals surface area contributed by atoms with E-state index in [0.717, 1.165) is 81.5 Å². The number of aromatic nitrogens is 1. The molecule has 1 N–H and O–H groups in total. The van der Waals surface area contributed by atoms with E-state index >= 15 is 0 Å². The lowest BCUT2D eigenvalue weighted by atomic mass is 9.96. The number of thiophene rings is 1. The topological polar surface area (TPSA) is 95.2 Å². The quantitative estimate of drug-likeness (QED) is 0.423. The first-order chi connectivity index (χ1) is 17.8. The van der Waals surface area contributed by atoms with Gasteiger partial charge in [0.15, 0.2) is 0 Å². The summed E-state index contributed by atoms with van der Waals surface area (Å²) in [5.74, 6) is -1.66. The van der Waals surface area contributed by atoms with Gasteiger partial charge in [-0.2, -0.15) is 5.26 Å². The number of halogens is 1. The Kier molecular flexibility index (Phi) is 6.75. The minimum absolute atomic E-state index is 0.217. The zero-order valence-corrected chi connectivity index (χ0v) is 21.9. The molecule has 3 heterocycles. The highest BCUT2D eigenvalue weighted by Crippen LogP contribution is 2.39. The van der Waals surface area contributed by atoms with Crippen LogP contribution in [0.4, 0.5) is 14.9 Å². The molecule has 188 valence electrons. The molecule has 0 radical (unpaired) electrons. The number of anilines is 1. The van der Waals surface area contributed by atoms with Crippen LogP contribution in [0.3, 0.4) is 0 Å². The highest BCUT2D eigenvalue weighted by molar-refractivity contribution is 8.18. The fraction of sp³-hybridized carbons (Fsp3) is 0.259. The van der Waals surface area contributed by atoms with Crippen molar-refractivity contribution in [1.82, 2.24) is 9.47 Å². The lowest BCUT2D eigenvalue weighted by Crippen LogP contribution is -2.36. The summed E-state index contributed by atoms with van der Waals surface area (Å²) in [6.45, 7) is 3.41. The number of rotatable bonds is 5. The molecule has 0 unspecified atom stereocenters. The maximum absolute atomic E-state index is 13.4. The number of nitriles is 1. The molecule has 3 aromatic rings. The van der Waals surface area contributed by atoms with Crippen LogP contribution in [-0.2, 0) is 22.4 Å². The SMILES string of the molecule is Cc1cc(/C=C2/SC(=O)N(CC(=O)Nc3cccc(F)c3)C2=O)c(C)n1-c1sc2c(c1C#N)CCCC2. The summed E-state index contributed by atoms with van der Waals surface area (Å²) in [6.07, 6.45) is 5.78. The number of fused-ring (bicyclic) bond motifs is 1. The van der Waals surface area contributed by atoms with Gasteiger partial charge in [-0.1, -0.05) is 6.07 Å². The Morgan fingerprint density at radius 2 is 2.00 bits per heavy atom. The van der Waals surface area contributed by atoms with Crippen molar-refractivity contribution in [3.8, 4) is 11.1 Å². The van der Waals surface area contributed by atoms with Gasteiger partial charge in [0.25, 0.3) is 11.1 Å². The highest BCUT2D eigenvalue weighted by Gasteiger charge is 2.36. The van der Waals surface area contributed by atoms with Crippen molar-refractivity contribution in [2.45, 2.75) is 39.5 Å². The Bertz CT molecular complexity index is 1530. The van der Waals surface area contributed by atoms with Crippen molar-refractivity contribution < 1.29 is 18.8 Å². The molecular weight excluding hydrogens is 511 g/mol. The van der Waals surface area contributed by atoms with Crippen LogP contribution in [0.25, 0.3) is 11.1 Å². The molecule has 10 heteroatoms. The molecule has 0 spiro atoms. The van der Waals surface area contributed by atoms with Gasteiger partial charge >= 0.3 is 0 Å². The number of benzene rings is 1. The van der Waals surface area contributed by atoms with E-state index in [1.54, 1.807) is 17.4 Å². The van der Waals surface area contributed by atoms with Crippen LogP contribution in [0, 0.1) is 31.0 Å². The first-order valence-electron chi connectivity index (χ1n) is 11.8. The summed E-state index contributed by atoms with van der Waals surface area (Å²) in [5, 5.41) is 12.8. The van der Waals surface area contributed by atoms with Crippen LogP contribution in [0.2, 0.25) is 0 Å². The molecule has 37 heavy (non-hydrogen) atoms. The number of amides is 3. The normalized spacial score (nSPS) is 16.3. The number of nitrogens with zero attached hydrogens (tertiary/aromatic N) is 3. The molecule has 3 amide bonds. The molecule has 0 atom stereocenters. The lowest BCUT2D eigenvalue weighted by Gasteiger charge is -2.12. The number of carbonyl (C=O) groups excluding carboxylic acids is 3. The van der Waals surface area contributed by atoms with Gasteiger partial charge in [0, 0.05) is 22.0 Å². The summed E-state index contributed by atoms with van der Waals surface area (Å²) in [7, 11) is 0. The predicted molar refractivity (Wildman–Crippen MR) is 142 cm³/mol. The molecule has 1 saturated heterocycles. The van der Waals surface area contributed by atoms with Crippen LogP contribution >= 0.6 is 23.1 Å². The van der Waals surface area contributed by atoms with E-state index in [1.165, 1.54) is 23.1 Å². The van der Waals surface area contributed by atoms with Crippen molar-refractivity contribution in [2.24, 2.45) is 0 Å². The summed E-state index contributed by atoms with van der Waals surface area (Å²) in [4.78, 5) is 40.3. The van der Waals surface area contributed by atoms with Gasteiger partial charge in [0.05, 0.1) is 10.5 Å². The van der Waals surface area contributed by atoms with Crippen molar-refractivity contribution in [3.63, 3.8) is 0 Å². The summed E-state index contributed by atoms with van der Waals surface area (Å²) in [5.41, 5.74) is 4.67. The molecule has 7 nitrogen and oxygen atoms in total. The first kappa shape index (κ1) is 25.0. The lowest BCUT2D eigenvalue weighted by molar-refractivity contribution is -0.127. The number of hydrogen-bond donors (Lipinski definition) is 1. The number of aryl methyl sites for hydroxylation is 2. The van der Waals surface area contributed by atoms with Gasteiger partial charge < -0.3 is 9.88 Å². The maximum atomic E-state index is 13.4. The van der Waals surface area contributed by atoms with Crippen LogP contribution in [0.5, 0.6) is 0 Å². The predicted octanol–water partition coefficient (Wildman–Crippen LogP) is 5.72. The molecule has 2 aliphatic rings. The second-order valence-corrected chi connectivity index (χ2v) is 11.1. The third kappa shape index (κ3) is 4.72. The molecule has 1 aliphatic heterocycles. The fourth-order valence-corrected chi connectivity index (χ4v) is 7.04. The molecular formula is C27H23FN4O3S2. The molecule has 5 rings (SSSR count). The Labute approximate surface area is 221 Å². The molecule has 1 fully saturated rings. The van der Waals surface area contributed by atoms with E-state index in [-0.39, 0.29) is 10.6 Å². The standard InChI is InChI=1S/C27H23FN4O3S2/c1-15-10-17(16(2)32(15)26-21(13-29)20-8-3-4-9-22(20)36-26)11-23-25(34)31(27(35)37-23)14-24(33)30-19-7-5-6-18(28)12-19/h5-7,10-12H,3-4,8-9,14H2,1-2H3,(H,30,33)/b23-11+. The second-order valence-electron chi connectivity index (χ2n) is 8.99. The van der Waals surface area contributed by atoms with Crippen molar-refractivity contribution in [3.05, 3.63) is 74.0 Å². The average Bonchev–Trinajstić information content (AvgIpc) is 3.45. The summed E-state index contributed by atoms with van der Waals surface area (Å²) < 4.78 is 15.4. The van der Waals surface area contributed by atoms with Crippen LogP contribution < -0.4 is 5.32 Å². The Balaban J connectivity index is 1.39. The zero-order chi connectivity index (χ0) is 26.3. The zero-order valence-electron chi connectivity index (χ0n) is 20.3. The van der Waals surface area contributed by atoms with Gasteiger partial charge in [-0.05, 0) is 92.8 Å². The number of imide groups is 1. The van der Waals surface area contributed by atoms with E-state index in [2.05, 4.69) is 11.4 Å². The van der Waals surface area contributed by atoms with Gasteiger partial charge in [0.2, 0.25) is 5.91 Å². The van der Waals surface area contributed by atoms with E-state index in [0.29, 0.717) is 0 Å². The van der Waals surface area contributed by atoms with E-state index in [9.17, 15) is 24.0 Å². The average molecular weight is 535 g/mol.